The summed E-state index contributed by atoms with van der Waals surface area (Å²) in [6.45, 7) is 2.96. The Bertz CT molecular complexity index is 504. The SMILES string of the molecule is Cc1c(C(N)CCC(=O)O)cc2c(c1Br)OCCO2. The lowest BCUT2D eigenvalue weighted by Gasteiger charge is -2.24. The van der Waals surface area contributed by atoms with Crippen molar-refractivity contribution in [1.82, 2.24) is 0 Å². The van der Waals surface area contributed by atoms with Gasteiger partial charge in [0, 0.05) is 12.5 Å². The lowest BCUT2D eigenvalue weighted by atomic mass is 9.97. The smallest absolute Gasteiger partial charge is 0.303 e. The van der Waals surface area contributed by atoms with Crippen LogP contribution in [0.1, 0.15) is 30.0 Å². The molecule has 0 saturated heterocycles. The number of rotatable bonds is 4. The number of ether oxygens (including phenoxy) is 2. The molecule has 6 heteroatoms. The van der Waals surface area contributed by atoms with Gasteiger partial charge in [0.05, 0.1) is 4.47 Å². The topological polar surface area (TPSA) is 81.8 Å². The Morgan fingerprint density at radius 3 is 2.89 bits per heavy atom. The van der Waals surface area contributed by atoms with E-state index in [0.29, 0.717) is 31.1 Å². The Labute approximate surface area is 119 Å². The zero-order chi connectivity index (χ0) is 14.0. The Morgan fingerprint density at radius 1 is 1.53 bits per heavy atom. The van der Waals surface area contributed by atoms with E-state index in [2.05, 4.69) is 15.9 Å². The number of carboxylic acid groups (broad SMARTS) is 1. The lowest BCUT2D eigenvalue weighted by molar-refractivity contribution is -0.137. The van der Waals surface area contributed by atoms with Crippen LogP contribution in [0.4, 0.5) is 0 Å². The van der Waals surface area contributed by atoms with Crippen LogP contribution in [0.25, 0.3) is 0 Å². The van der Waals surface area contributed by atoms with E-state index in [9.17, 15) is 4.79 Å². The minimum absolute atomic E-state index is 0.0483. The van der Waals surface area contributed by atoms with E-state index in [1.807, 2.05) is 13.0 Å². The van der Waals surface area contributed by atoms with Gasteiger partial charge < -0.3 is 20.3 Å². The molecule has 0 bridgehead atoms. The van der Waals surface area contributed by atoms with Gasteiger partial charge >= 0.3 is 5.97 Å². The Morgan fingerprint density at radius 2 is 2.21 bits per heavy atom. The molecule has 1 heterocycles. The molecule has 1 atom stereocenters. The molecule has 0 spiro atoms. The van der Waals surface area contributed by atoms with Crippen LogP contribution < -0.4 is 15.2 Å². The van der Waals surface area contributed by atoms with E-state index in [1.54, 1.807) is 0 Å². The first-order valence-corrected chi connectivity index (χ1v) is 6.86. The second-order valence-electron chi connectivity index (χ2n) is 4.47. The standard InChI is InChI=1S/C13H16BrNO4/c1-7-8(9(15)2-3-11(16)17)6-10-13(12(7)14)19-5-4-18-10/h6,9H,2-5,15H2,1H3,(H,16,17). The van der Waals surface area contributed by atoms with Crippen LogP contribution in [0.15, 0.2) is 10.5 Å². The molecule has 2 rings (SSSR count). The minimum Gasteiger partial charge on any atom is -0.486 e. The van der Waals surface area contributed by atoms with E-state index >= 15 is 0 Å². The maximum atomic E-state index is 10.6. The summed E-state index contributed by atoms with van der Waals surface area (Å²) < 4.78 is 11.9. The molecule has 0 radical (unpaired) electrons. The second-order valence-corrected chi connectivity index (χ2v) is 5.26. The van der Waals surface area contributed by atoms with Crippen molar-refractivity contribution in [2.75, 3.05) is 13.2 Å². The van der Waals surface area contributed by atoms with Crippen LogP contribution in [0.2, 0.25) is 0 Å². The number of carbonyl (C=O) groups is 1. The Balaban J connectivity index is 2.30. The van der Waals surface area contributed by atoms with Gasteiger partial charge in [-0.3, -0.25) is 4.79 Å². The molecule has 3 N–H and O–H groups in total. The molecular weight excluding hydrogens is 314 g/mol. The molecule has 0 amide bonds. The van der Waals surface area contributed by atoms with Crippen molar-refractivity contribution >= 4 is 21.9 Å². The highest BCUT2D eigenvalue weighted by molar-refractivity contribution is 9.10. The van der Waals surface area contributed by atoms with Crippen molar-refractivity contribution in [3.8, 4) is 11.5 Å². The molecule has 5 nitrogen and oxygen atoms in total. The molecule has 1 aromatic rings. The molecule has 1 aromatic carbocycles. The Hall–Kier alpha value is -1.27. The maximum Gasteiger partial charge on any atom is 0.303 e. The summed E-state index contributed by atoms with van der Waals surface area (Å²) in [5.74, 6) is 0.507. The van der Waals surface area contributed by atoms with Crippen LogP contribution >= 0.6 is 15.9 Å². The number of benzene rings is 1. The van der Waals surface area contributed by atoms with Gasteiger partial charge in [-0.05, 0) is 46.5 Å². The second kappa shape index (κ2) is 5.79. The average molecular weight is 330 g/mol. The zero-order valence-electron chi connectivity index (χ0n) is 10.6. The van der Waals surface area contributed by atoms with Crippen molar-refractivity contribution < 1.29 is 19.4 Å². The minimum atomic E-state index is -0.843. The quantitative estimate of drug-likeness (QED) is 0.886. The van der Waals surface area contributed by atoms with Crippen molar-refractivity contribution in [2.24, 2.45) is 5.73 Å². The first kappa shape index (κ1) is 14.1. The summed E-state index contributed by atoms with van der Waals surface area (Å²) >= 11 is 3.49. The van der Waals surface area contributed by atoms with Gasteiger partial charge in [-0.25, -0.2) is 0 Å². The average Bonchev–Trinajstić information content (AvgIpc) is 2.40. The van der Waals surface area contributed by atoms with E-state index in [-0.39, 0.29) is 12.5 Å². The number of nitrogens with two attached hydrogens (primary N) is 1. The van der Waals surface area contributed by atoms with Crippen molar-refractivity contribution in [3.05, 3.63) is 21.7 Å². The van der Waals surface area contributed by atoms with E-state index in [4.69, 9.17) is 20.3 Å². The van der Waals surface area contributed by atoms with Crippen molar-refractivity contribution in [3.63, 3.8) is 0 Å². The monoisotopic (exact) mass is 329 g/mol. The third kappa shape index (κ3) is 3.01. The third-order valence-electron chi connectivity index (χ3n) is 3.13. The fourth-order valence-corrected chi connectivity index (χ4v) is 2.62. The highest BCUT2D eigenvalue weighted by atomic mass is 79.9. The van der Waals surface area contributed by atoms with E-state index in [1.165, 1.54) is 0 Å². The van der Waals surface area contributed by atoms with Crippen molar-refractivity contribution in [1.29, 1.82) is 0 Å². The van der Waals surface area contributed by atoms with Gasteiger partial charge in [0.15, 0.2) is 11.5 Å². The summed E-state index contributed by atoms with van der Waals surface area (Å²) in [5, 5.41) is 8.72. The van der Waals surface area contributed by atoms with Gasteiger partial charge in [0.1, 0.15) is 13.2 Å². The molecular formula is C13H16BrNO4. The molecule has 1 unspecified atom stereocenters. The normalized spacial score (nSPS) is 15.1. The van der Waals surface area contributed by atoms with Gasteiger partial charge in [-0.15, -0.1) is 0 Å². The molecule has 104 valence electrons. The Kier molecular flexibility index (Phi) is 4.31. The predicted octanol–water partition coefficient (Wildman–Crippen LogP) is 2.39. The summed E-state index contributed by atoms with van der Waals surface area (Å²) in [5.41, 5.74) is 7.91. The van der Waals surface area contributed by atoms with E-state index in [0.717, 1.165) is 15.6 Å². The summed E-state index contributed by atoms with van der Waals surface area (Å²) in [6.07, 6.45) is 0.439. The van der Waals surface area contributed by atoms with Crippen LogP contribution in [0.5, 0.6) is 11.5 Å². The van der Waals surface area contributed by atoms with Crippen LogP contribution in [0.3, 0.4) is 0 Å². The largest absolute Gasteiger partial charge is 0.486 e. The number of halogens is 1. The number of carboxylic acids is 1. The fourth-order valence-electron chi connectivity index (χ4n) is 2.08. The van der Waals surface area contributed by atoms with Crippen LogP contribution in [-0.4, -0.2) is 24.3 Å². The van der Waals surface area contributed by atoms with Gasteiger partial charge in [-0.1, -0.05) is 0 Å². The summed E-state index contributed by atoms with van der Waals surface area (Å²) in [6, 6.07) is 1.52. The first-order chi connectivity index (χ1) is 9.00. The van der Waals surface area contributed by atoms with Gasteiger partial charge in [0.25, 0.3) is 0 Å². The molecule has 1 aliphatic rings. The van der Waals surface area contributed by atoms with Crippen LogP contribution in [-0.2, 0) is 4.79 Å². The predicted molar refractivity (Wildman–Crippen MR) is 73.7 cm³/mol. The number of hydrogen-bond donors (Lipinski definition) is 2. The number of aliphatic carboxylic acids is 1. The molecule has 0 aromatic heterocycles. The van der Waals surface area contributed by atoms with Gasteiger partial charge in [0.2, 0.25) is 0 Å². The lowest BCUT2D eigenvalue weighted by Crippen LogP contribution is -2.19. The maximum absolute atomic E-state index is 10.6. The fraction of sp³-hybridized carbons (Fsp3) is 0.462. The number of fused-ring (bicyclic) bond motifs is 1. The molecule has 0 saturated carbocycles. The zero-order valence-corrected chi connectivity index (χ0v) is 12.2. The molecule has 0 aliphatic carbocycles. The molecule has 0 fully saturated rings. The highest BCUT2D eigenvalue weighted by Gasteiger charge is 2.22. The van der Waals surface area contributed by atoms with Gasteiger partial charge in [-0.2, -0.15) is 0 Å². The highest BCUT2D eigenvalue weighted by Crippen LogP contribution is 2.42. The van der Waals surface area contributed by atoms with Crippen LogP contribution in [0, 0.1) is 6.92 Å². The summed E-state index contributed by atoms with van der Waals surface area (Å²) in [7, 11) is 0. The third-order valence-corrected chi connectivity index (χ3v) is 4.08. The molecule has 1 aliphatic heterocycles. The van der Waals surface area contributed by atoms with Crippen molar-refractivity contribution in [2.45, 2.75) is 25.8 Å². The summed E-state index contributed by atoms with van der Waals surface area (Å²) in [4.78, 5) is 10.6. The van der Waals surface area contributed by atoms with E-state index < -0.39 is 5.97 Å². The first-order valence-electron chi connectivity index (χ1n) is 6.06. The molecule has 19 heavy (non-hydrogen) atoms. The number of hydrogen-bond acceptors (Lipinski definition) is 4.